The molecule has 2 rings (SSSR count). The zero-order valence-corrected chi connectivity index (χ0v) is 12.4. The molecule has 0 radical (unpaired) electrons. The van der Waals surface area contributed by atoms with Gasteiger partial charge in [-0.2, -0.15) is 0 Å². The molecule has 1 aliphatic heterocycles. The standard InChI is InChI=1S/C14H21N3O4/c1-3-15-14(19)17-7-5-16(6-8-17)10-11-4-9-21-12(11)13(18)20-2/h4,9H,3,5-8,10H2,1-2H3,(H,15,19). The number of furan rings is 1. The average molecular weight is 295 g/mol. The fourth-order valence-corrected chi connectivity index (χ4v) is 2.34. The number of carbonyl (C=O) groups is 2. The van der Waals surface area contributed by atoms with Gasteiger partial charge in [0, 0.05) is 44.8 Å². The van der Waals surface area contributed by atoms with Gasteiger partial charge < -0.3 is 19.4 Å². The van der Waals surface area contributed by atoms with E-state index in [1.165, 1.54) is 13.4 Å². The minimum Gasteiger partial charge on any atom is -0.463 e. The normalized spacial score (nSPS) is 15.8. The van der Waals surface area contributed by atoms with Crippen molar-refractivity contribution in [3.05, 3.63) is 23.7 Å². The van der Waals surface area contributed by atoms with Crippen molar-refractivity contribution < 1.29 is 18.7 Å². The van der Waals surface area contributed by atoms with Crippen molar-refractivity contribution in [1.29, 1.82) is 0 Å². The SMILES string of the molecule is CCNC(=O)N1CCN(Cc2ccoc2C(=O)OC)CC1. The molecule has 7 nitrogen and oxygen atoms in total. The van der Waals surface area contributed by atoms with Crippen LogP contribution < -0.4 is 5.32 Å². The molecule has 0 unspecified atom stereocenters. The van der Waals surface area contributed by atoms with Gasteiger partial charge in [0.05, 0.1) is 13.4 Å². The van der Waals surface area contributed by atoms with Gasteiger partial charge >= 0.3 is 12.0 Å². The Morgan fingerprint density at radius 1 is 1.33 bits per heavy atom. The molecule has 0 aromatic carbocycles. The lowest BCUT2D eigenvalue weighted by Gasteiger charge is -2.34. The van der Waals surface area contributed by atoms with Crippen LogP contribution in [-0.2, 0) is 11.3 Å². The lowest BCUT2D eigenvalue weighted by Crippen LogP contribution is -2.51. The van der Waals surface area contributed by atoms with Gasteiger partial charge in [-0.25, -0.2) is 9.59 Å². The van der Waals surface area contributed by atoms with Gasteiger partial charge in [0.15, 0.2) is 0 Å². The molecule has 0 bridgehead atoms. The number of piperazine rings is 1. The van der Waals surface area contributed by atoms with Gasteiger partial charge in [-0.3, -0.25) is 4.90 Å². The van der Waals surface area contributed by atoms with Gasteiger partial charge in [-0.05, 0) is 13.0 Å². The first-order chi connectivity index (χ1) is 10.2. The third-order valence-electron chi connectivity index (χ3n) is 3.50. The Kier molecular flexibility index (Phi) is 5.21. The fraction of sp³-hybridized carbons (Fsp3) is 0.571. The number of nitrogens with one attached hydrogen (secondary N) is 1. The van der Waals surface area contributed by atoms with E-state index < -0.39 is 5.97 Å². The molecule has 0 aliphatic carbocycles. The molecule has 7 heteroatoms. The first-order valence-corrected chi connectivity index (χ1v) is 7.05. The largest absolute Gasteiger partial charge is 0.463 e. The molecular formula is C14H21N3O4. The quantitative estimate of drug-likeness (QED) is 0.836. The van der Waals surface area contributed by atoms with Crippen molar-refractivity contribution in [2.75, 3.05) is 39.8 Å². The smallest absolute Gasteiger partial charge is 0.374 e. The van der Waals surface area contributed by atoms with E-state index in [1.807, 2.05) is 6.92 Å². The van der Waals surface area contributed by atoms with Crippen LogP contribution in [-0.4, -0.2) is 61.6 Å². The monoisotopic (exact) mass is 295 g/mol. The second-order valence-electron chi connectivity index (χ2n) is 4.87. The lowest BCUT2D eigenvalue weighted by atomic mass is 10.2. The van der Waals surface area contributed by atoms with Crippen LogP contribution in [0, 0.1) is 0 Å². The molecule has 21 heavy (non-hydrogen) atoms. The summed E-state index contributed by atoms with van der Waals surface area (Å²) in [5.74, 6) is -0.209. The molecule has 1 aliphatic rings. The number of carbonyl (C=O) groups excluding carboxylic acids is 2. The highest BCUT2D eigenvalue weighted by atomic mass is 16.5. The number of amides is 2. The van der Waals surface area contributed by atoms with Crippen molar-refractivity contribution in [3.63, 3.8) is 0 Å². The van der Waals surface area contributed by atoms with E-state index in [2.05, 4.69) is 15.0 Å². The summed E-state index contributed by atoms with van der Waals surface area (Å²) in [5, 5.41) is 2.80. The Bertz CT molecular complexity index is 492. The summed E-state index contributed by atoms with van der Waals surface area (Å²) in [6.07, 6.45) is 1.49. The van der Waals surface area contributed by atoms with Crippen LogP contribution in [0.2, 0.25) is 0 Å². The van der Waals surface area contributed by atoms with Gasteiger partial charge in [0.1, 0.15) is 0 Å². The van der Waals surface area contributed by atoms with Crippen LogP contribution in [0.3, 0.4) is 0 Å². The van der Waals surface area contributed by atoms with Gasteiger partial charge in [-0.15, -0.1) is 0 Å². The maximum absolute atomic E-state index is 11.7. The van der Waals surface area contributed by atoms with Gasteiger partial charge in [0.25, 0.3) is 0 Å². The predicted molar refractivity (Wildman–Crippen MR) is 76.0 cm³/mol. The van der Waals surface area contributed by atoms with Crippen LogP contribution >= 0.6 is 0 Å². The summed E-state index contributed by atoms with van der Waals surface area (Å²) >= 11 is 0. The summed E-state index contributed by atoms with van der Waals surface area (Å²) in [5.41, 5.74) is 0.813. The number of ether oxygens (including phenoxy) is 1. The van der Waals surface area contributed by atoms with Gasteiger partial charge in [0.2, 0.25) is 5.76 Å². The van der Waals surface area contributed by atoms with Crippen LogP contribution in [0.5, 0.6) is 0 Å². The zero-order valence-electron chi connectivity index (χ0n) is 12.4. The fourth-order valence-electron chi connectivity index (χ4n) is 2.34. The Morgan fingerprint density at radius 2 is 2.05 bits per heavy atom. The molecule has 1 aromatic heterocycles. The first kappa shape index (κ1) is 15.4. The summed E-state index contributed by atoms with van der Waals surface area (Å²) < 4.78 is 9.86. The van der Waals surface area contributed by atoms with Crippen molar-refractivity contribution in [1.82, 2.24) is 15.1 Å². The second kappa shape index (κ2) is 7.12. The highest BCUT2D eigenvalue weighted by Crippen LogP contribution is 2.15. The summed E-state index contributed by atoms with van der Waals surface area (Å²) in [6.45, 7) is 6.04. The molecule has 2 heterocycles. The Hall–Kier alpha value is -2.02. The van der Waals surface area contributed by atoms with E-state index in [1.54, 1.807) is 11.0 Å². The van der Waals surface area contributed by atoms with Crippen LogP contribution in [0.25, 0.3) is 0 Å². The highest BCUT2D eigenvalue weighted by molar-refractivity contribution is 5.87. The van der Waals surface area contributed by atoms with Gasteiger partial charge in [-0.1, -0.05) is 0 Å². The van der Waals surface area contributed by atoms with E-state index >= 15 is 0 Å². The van der Waals surface area contributed by atoms with Crippen molar-refractivity contribution in [2.24, 2.45) is 0 Å². The Labute approximate surface area is 123 Å². The maximum atomic E-state index is 11.7. The number of hydrogen-bond acceptors (Lipinski definition) is 5. The Morgan fingerprint density at radius 3 is 2.67 bits per heavy atom. The second-order valence-corrected chi connectivity index (χ2v) is 4.87. The highest BCUT2D eigenvalue weighted by Gasteiger charge is 2.23. The van der Waals surface area contributed by atoms with E-state index in [4.69, 9.17) is 4.42 Å². The van der Waals surface area contributed by atoms with E-state index in [9.17, 15) is 9.59 Å². The number of nitrogens with zero attached hydrogens (tertiary/aromatic N) is 2. The first-order valence-electron chi connectivity index (χ1n) is 7.05. The maximum Gasteiger partial charge on any atom is 0.374 e. The molecule has 1 saturated heterocycles. The molecule has 0 spiro atoms. The number of rotatable bonds is 4. The summed E-state index contributed by atoms with van der Waals surface area (Å²) in [4.78, 5) is 27.3. The summed E-state index contributed by atoms with van der Waals surface area (Å²) in [6, 6.07) is 1.76. The van der Waals surface area contributed by atoms with Crippen LogP contribution in [0.15, 0.2) is 16.7 Å². The van der Waals surface area contributed by atoms with E-state index in [-0.39, 0.29) is 11.8 Å². The van der Waals surface area contributed by atoms with Crippen molar-refractivity contribution in [2.45, 2.75) is 13.5 Å². The zero-order chi connectivity index (χ0) is 15.2. The molecule has 1 fully saturated rings. The third kappa shape index (κ3) is 3.75. The van der Waals surface area contributed by atoms with E-state index in [0.29, 0.717) is 26.2 Å². The predicted octanol–water partition coefficient (Wildman–Crippen LogP) is 0.913. The van der Waals surface area contributed by atoms with Crippen LogP contribution in [0.4, 0.5) is 4.79 Å². The third-order valence-corrected chi connectivity index (χ3v) is 3.50. The number of hydrogen-bond donors (Lipinski definition) is 1. The lowest BCUT2D eigenvalue weighted by molar-refractivity contribution is 0.0561. The topological polar surface area (TPSA) is 75.0 Å². The van der Waals surface area contributed by atoms with Crippen molar-refractivity contribution >= 4 is 12.0 Å². The molecule has 2 amide bonds. The Balaban J connectivity index is 1.88. The van der Waals surface area contributed by atoms with Crippen molar-refractivity contribution in [3.8, 4) is 0 Å². The molecule has 1 aromatic rings. The number of methoxy groups -OCH3 is 1. The number of urea groups is 1. The molecule has 0 saturated carbocycles. The molecule has 1 N–H and O–H groups in total. The minimum absolute atomic E-state index is 0.0179. The minimum atomic E-state index is -0.462. The molecule has 0 atom stereocenters. The van der Waals surface area contributed by atoms with Crippen LogP contribution in [0.1, 0.15) is 23.0 Å². The number of esters is 1. The summed E-state index contributed by atoms with van der Waals surface area (Å²) in [7, 11) is 1.33. The molecule has 116 valence electrons. The molecular weight excluding hydrogens is 274 g/mol. The average Bonchev–Trinajstić information content (AvgIpc) is 2.95. The van der Waals surface area contributed by atoms with E-state index in [0.717, 1.165) is 18.7 Å².